The molecule has 0 radical (unpaired) electrons. The number of nitrogens with one attached hydrogen (secondary N) is 1. The highest BCUT2D eigenvalue weighted by Gasteiger charge is 2.33. The van der Waals surface area contributed by atoms with Crippen LogP contribution in [-0.4, -0.2) is 30.6 Å². The largest absolute Gasteiger partial charge is 0.489 e. The quantitative estimate of drug-likeness (QED) is 0.870. The van der Waals surface area contributed by atoms with Gasteiger partial charge in [-0.1, -0.05) is 30.3 Å². The summed E-state index contributed by atoms with van der Waals surface area (Å²) in [5.74, 6) is 1.50. The Hall–Kier alpha value is -1.91. The molecule has 1 N–H and O–H groups in total. The Kier molecular flexibility index (Phi) is 4.99. The van der Waals surface area contributed by atoms with E-state index in [-0.39, 0.29) is 5.82 Å². The van der Waals surface area contributed by atoms with E-state index in [0.29, 0.717) is 12.6 Å². The zero-order chi connectivity index (χ0) is 17.1. The number of hydrogen-bond donors (Lipinski definition) is 1. The molecule has 0 saturated carbocycles. The first kappa shape index (κ1) is 16.6. The third-order valence-corrected chi connectivity index (χ3v) is 5.49. The molecule has 2 aromatic carbocycles. The number of hydrogen-bond acceptors (Lipinski definition) is 3. The number of para-hydroxylation sites is 1. The second-order valence-corrected chi connectivity index (χ2v) is 7.15. The number of ether oxygens (including phenoxy) is 1. The minimum absolute atomic E-state index is 0.217. The van der Waals surface area contributed by atoms with Crippen molar-refractivity contribution in [3.63, 3.8) is 0 Å². The average Bonchev–Trinajstić information content (AvgIpc) is 2.67. The number of nitrogens with zero attached hydrogens (tertiary/aromatic N) is 1. The lowest BCUT2D eigenvalue weighted by atomic mass is 9.84. The van der Waals surface area contributed by atoms with Gasteiger partial charge in [0.25, 0.3) is 0 Å². The van der Waals surface area contributed by atoms with Crippen LogP contribution in [0, 0.1) is 11.7 Å². The van der Waals surface area contributed by atoms with Crippen LogP contribution in [0.15, 0.2) is 48.5 Å². The molecule has 0 aliphatic carbocycles. The van der Waals surface area contributed by atoms with Crippen LogP contribution in [0.1, 0.15) is 24.0 Å². The summed E-state index contributed by atoms with van der Waals surface area (Å²) in [6, 6.07) is 15.3. The molecule has 3 aliphatic rings. The first-order valence-electron chi connectivity index (χ1n) is 9.19. The standard InChI is InChI=1S/C21H25FN2O/c22-19-7-5-16(6-8-19)15-25-21-4-2-1-3-18(21)13-23-20-14-24-11-9-17(20)10-12-24/h1-8,17,20,23H,9-15H2. The minimum Gasteiger partial charge on any atom is -0.489 e. The molecule has 3 nitrogen and oxygen atoms in total. The number of halogens is 1. The Morgan fingerprint density at radius 1 is 1.04 bits per heavy atom. The fraction of sp³-hybridized carbons (Fsp3) is 0.429. The molecule has 5 rings (SSSR count). The third kappa shape index (κ3) is 4.02. The van der Waals surface area contributed by atoms with Crippen molar-refractivity contribution in [1.82, 2.24) is 10.2 Å². The fourth-order valence-corrected chi connectivity index (χ4v) is 3.97. The number of piperidine rings is 3. The molecule has 1 atom stereocenters. The number of fused-ring (bicyclic) bond motifs is 3. The van der Waals surface area contributed by atoms with Crippen LogP contribution in [0.4, 0.5) is 4.39 Å². The molecular formula is C21H25FN2O. The van der Waals surface area contributed by atoms with Crippen LogP contribution in [0.2, 0.25) is 0 Å². The summed E-state index contributed by atoms with van der Waals surface area (Å²) in [6.45, 7) is 4.98. The second kappa shape index (κ2) is 7.54. The molecule has 2 aromatic rings. The van der Waals surface area contributed by atoms with Gasteiger partial charge in [-0.15, -0.1) is 0 Å². The van der Waals surface area contributed by atoms with Crippen LogP contribution < -0.4 is 10.1 Å². The molecule has 2 bridgehead atoms. The van der Waals surface area contributed by atoms with Gasteiger partial charge in [-0.3, -0.25) is 0 Å². The van der Waals surface area contributed by atoms with E-state index in [0.717, 1.165) is 23.8 Å². The van der Waals surface area contributed by atoms with Crippen molar-refractivity contribution >= 4 is 0 Å². The van der Waals surface area contributed by atoms with E-state index < -0.39 is 0 Å². The van der Waals surface area contributed by atoms with Gasteiger partial charge in [-0.2, -0.15) is 0 Å². The van der Waals surface area contributed by atoms with Crippen molar-refractivity contribution in [2.45, 2.75) is 32.0 Å². The molecular weight excluding hydrogens is 315 g/mol. The summed E-state index contributed by atoms with van der Waals surface area (Å²) < 4.78 is 19.0. The van der Waals surface area contributed by atoms with Gasteiger partial charge in [0, 0.05) is 24.7 Å². The molecule has 3 aliphatic heterocycles. The molecule has 132 valence electrons. The van der Waals surface area contributed by atoms with E-state index in [4.69, 9.17) is 4.74 Å². The van der Waals surface area contributed by atoms with E-state index in [9.17, 15) is 4.39 Å². The van der Waals surface area contributed by atoms with Gasteiger partial charge in [0.2, 0.25) is 0 Å². The second-order valence-electron chi connectivity index (χ2n) is 7.15. The predicted octanol–water partition coefficient (Wildman–Crippen LogP) is 3.59. The first-order chi connectivity index (χ1) is 12.3. The summed E-state index contributed by atoms with van der Waals surface area (Å²) in [7, 11) is 0. The summed E-state index contributed by atoms with van der Waals surface area (Å²) >= 11 is 0. The Labute approximate surface area is 148 Å². The van der Waals surface area contributed by atoms with Crippen molar-refractivity contribution in [3.8, 4) is 5.75 Å². The maximum atomic E-state index is 13.0. The smallest absolute Gasteiger partial charge is 0.124 e. The molecule has 25 heavy (non-hydrogen) atoms. The Morgan fingerprint density at radius 2 is 1.80 bits per heavy atom. The van der Waals surface area contributed by atoms with Crippen LogP contribution in [0.25, 0.3) is 0 Å². The fourth-order valence-electron chi connectivity index (χ4n) is 3.97. The van der Waals surface area contributed by atoms with E-state index in [1.807, 2.05) is 12.1 Å². The topological polar surface area (TPSA) is 24.5 Å². The molecule has 0 aromatic heterocycles. The molecule has 0 amide bonds. The van der Waals surface area contributed by atoms with Gasteiger partial charge in [0.05, 0.1) is 0 Å². The zero-order valence-electron chi connectivity index (χ0n) is 14.5. The highest BCUT2D eigenvalue weighted by molar-refractivity contribution is 5.33. The van der Waals surface area contributed by atoms with Crippen LogP contribution in [-0.2, 0) is 13.2 Å². The average molecular weight is 340 g/mol. The highest BCUT2D eigenvalue weighted by Crippen LogP contribution is 2.28. The molecule has 3 heterocycles. The molecule has 1 unspecified atom stereocenters. The summed E-state index contributed by atoms with van der Waals surface area (Å²) in [5, 5.41) is 3.74. The van der Waals surface area contributed by atoms with E-state index in [1.54, 1.807) is 12.1 Å². The SMILES string of the molecule is Fc1ccc(COc2ccccc2CNC2CN3CCC2CC3)cc1. The van der Waals surface area contributed by atoms with Gasteiger partial charge in [0.15, 0.2) is 0 Å². The third-order valence-electron chi connectivity index (χ3n) is 5.49. The van der Waals surface area contributed by atoms with E-state index in [2.05, 4.69) is 22.3 Å². The van der Waals surface area contributed by atoms with Gasteiger partial charge in [0.1, 0.15) is 18.2 Å². The predicted molar refractivity (Wildman–Crippen MR) is 97.0 cm³/mol. The van der Waals surface area contributed by atoms with E-state index >= 15 is 0 Å². The molecule has 3 saturated heterocycles. The Balaban J connectivity index is 1.36. The Bertz CT molecular complexity index is 695. The van der Waals surface area contributed by atoms with Crippen LogP contribution in [0.3, 0.4) is 0 Å². The van der Waals surface area contributed by atoms with Crippen LogP contribution >= 0.6 is 0 Å². The summed E-state index contributed by atoms with van der Waals surface area (Å²) in [5.41, 5.74) is 2.16. The lowest BCUT2D eigenvalue weighted by molar-refractivity contribution is 0.0718. The Morgan fingerprint density at radius 3 is 2.52 bits per heavy atom. The maximum Gasteiger partial charge on any atom is 0.124 e. The lowest BCUT2D eigenvalue weighted by Crippen LogP contribution is -2.55. The molecule has 0 spiro atoms. The van der Waals surface area contributed by atoms with Crippen molar-refractivity contribution in [2.75, 3.05) is 19.6 Å². The minimum atomic E-state index is -0.217. The highest BCUT2D eigenvalue weighted by atomic mass is 19.1. The summed E-state index contributed by atoms with van der Waals surface area (Å²) in [4.78, 5) is 2.56. The monoisotopic (exact) mass is 340 g/mol. The molecule has 4 heteroatoms. The number of benzene rings is 2. The van der Waals surface area contributed by atoms with Crippen molar-refractivity contribution in [3.05, 3.63) is 65.5 Å². The zero-order valence-corrected chi connectivity index (χ0v) is 14.5. The lowest BCUT2D eigenvalue weighted by Gasteiger charge is -2.45. The van der Waals surface area contributed by atoms with Crippen molar-refractivity contribution in [2.24, 2.45) is 5.92 Å². The van der Waals surface area contributed by atoms with Gasteiger partial charge in [-0.05, 0) is 55.6 Å². The molecule has 3 fully saturated rings. The van der Waals surface area contributed by atoms with Gasteiger partial charge >= 0.3 is 0 Å². The van der Waals surface area contributed by atoms with Crippen molar-refractivity contribution < 1.29 is 9.13 Å². The van der Waals surface area contributed by atoms with Gasteiger partial charge in [-0.25, -0.2) is 4.39 Å². The van der Waals surface area contributed by atoms with Crippen LogP contribution in [0.5, 0.6) is 5.75 Å². The summed E-state index contributed by atoms with van der Waals surface area (Å²) in [6.07, 6.45) is 2.64. The number of rotatable bonds is 6. The normalized spacial score (nSPS) is 25.1. The van der Waals surface area contributed by atoms with Crippen molar-refractivity contribution in [1.29, 1.82) is 0 Å². The first-order valence-corrected chi connectivity index (χ1v) is 9.19. The maximum absolute atomic E-state index is 13.0. The van der Waals surface area contributed by atoms with E-state index in [1.165, 1.54) is 50.2 Å². The van der Waals surface area contributed by atoms with Gasteiger partial charge < -0.3 is 15.0 Å².